The Morgan fingerprint density at radius 2 is 1.94 bits per heavy atom. The molecule has 0 spiro atoms. The van der Waals surface area contributed by atoms with Crippen LogP contribution in [0.2, 0.25) is 0 Å². The van der Waals surface area contributed by atoms with Crippen LogP contribution in [0.1, 0.15) is 13.3 Å². The summed E-state index contributed by atoms with van der Waals surface area (Å²) >= 11 is 3.57. The van der Waals surface area contributed by atoms with Crippen LogP contribution < -0.4 is 14.4 Å². The van der Waals surface area contributed by atoms with Crippen LogP contribution in [-0.4, -0.2) is 42.1 Å². The highest BCUT2D eigenvalue weighted by atomic mass is 79.9. The number of methoxy groups -OCH3 is 2. The maximum absolute atomic E-state index is 5.18. The summed E-state index contributed by atoms with van der Waals surface area (Å²) in [5, 5.41) is 0.914. The summed E-state index contributed by atoms with van der Waals surface area (Å²) in [6.45, 7) is 3.22. The maximum Gasteiger partial charge on any atom is 0.232 e. The number of ether oxygens (including phenoxy) is 2. The molecule has 1 saturated heterocycles. The first-order chi connectivity index (χ1) is 8.69. The van der Waals surface area contributed by atoms with Crippen LogP contribution in [-0.2, 0) is 0 Å². The van der Waals surface area contributed by atoms with Gasteiger partial charge in [0.15, 0.2) is 0 Å². The second-order valence-electron chi connectivity index (χ2n) is 4.43. The number of alkyl halides is 1. The van der Waals surface area contributed by atoms with E-state index in [-0.39, 0.29) is 0 Å². The summed E-state index contributed by atoms with van der Waals surface area (Å²) in [4.78, 5) is 11.0. The van der Waals surface area contributed by atoms with Crippen LogP contribution >= 0.6 is 15.9 Å². The molecule has 2 unspecified atom stereocenters. The van der Waals surface area contributed by atoms with Gasteiger partial charge in [0.25, 0.3) is 0 Å². The molecule has 2 rings (SSSR count). The van der Waals surface area contributed by atoms with Gasteiger partial charge < -0.3 is 14.4 Å². The minimum Gasteiger partial charge on any atom is -0.481 e. The molecule has 1 fully saturated rings. The van der Waals surface area contributed by atoms with Crippen molar-refractivity contribution in [3.05, 3.63) is 6.07 Å². The molecule has 0 radical (unpaired) electrons. The van der Waals surface area contributed by atoms with Crippen molar-refractivity contribution in [2.45, 2.75) is 19.4 Å². The lowest BCUT2D eigenvalue weighted by Crippen LogP contribution is -2.34. The molecule has 5 nitrogen and oxygen atoms in total. The molecule has 0 amide bonds. The Hall–Kier alpha value is -1.04. The fourth-order valence-corrected chi connectivity index (χ4v) is 3.21. The van der Waals surface area contributed by atoms with E-state index < -0.39 is 0 Å². The summed E-state index contributed by atoms with van der Waals surface area (Å²) in [5.41, 5.74) is 0. The summed E-state index contributed by atoms with van der Waals surface area (Å²) in [6, 6.07) is 2.10. The minimum absolute atomic E-state index is 0.418. The Bertz CT molecular complexity index is 394. The molecule has 0 aliphatic carbocycles. The zero-order valence-corrected chi connectivity index (χ0v) is 12.5. The number of anilines is 1. The smallest absolute Gasteiger partial charge is 0.232 e. The molecule has 2 atom stereocenters. The van der Waals surface area contributed by atoms with Crippen LogP contribution in [0.25, 0.3) is 0 Å². The summed E-state index contributed by atoms with van der Waals surface area (Å²) < 4.78 is 10.4. The first-order valence-electron chi connectivity index (χ1n) is 5.99. The molecule has 100 valence electrons. The Morgan fingerprint density at radius 3 is 2.44 bits per heavy atom. The molecular formula is C12H18BrN3O2. The monoisotopic (exact) mass is 315 g/mol. The Morgan fingerprint density at radius 1 is 1.33 bits per heavy atom. The SMILES string of the molecule is COc1cc(OC)nc(N2CCC(C)C2CBr)n1. The first kappa shape index (κ1) is 13.4. The molecule has 1 aromatic heterocycles. The van der Waals surface area contributed by atoms with E-state index in [0.717, 1.165) is 18.3 Å². The molecule has 0 saturated carbocycles. The van der Waals surface area contributed by atoms with Gasteiger partial charge in [0.2, 0.25) is 17.7 Å². The Balaban J connectivity index is 2.32. The van der Waals surface area contributed by atoms with Crippen molar-refractivity contribution in [2.75, 3.05) is 31.0 Å². The van der Waals surface area contributed by atoms with Gasteiger partial charge in [-0.25, -0.2) is 0 Å². The standard InChI is InChI=1S/C12H18BrN3O2/c1-8-4-5-16(9(8)7-13)12-14-10(17-2)6-11(15-12)18-3/h6,8-9H,4-5,7H2,1-3H3. The number of hydrogen-bond donors (Lipinski definition) is 0. The molecule has 2 heterocycles. The lowest BCUT2D eigenvalue weighted by atomic mass is 10.1. The van der Waals surface area contributed by atoms with Crippen molar-refractivity contribution in [3.63, 3.8) is 0 Å². The molecular weight excluding hydrogens is 298 g/mol. The van der Waals surface area contributed by atoms with Gasteiger partial charge in [0, 0.05) is 17.9 Å². The van der Waals surface area contributed by atoms with Crippen LogP contribution in [0, 0.1) is 5.92 Å². The largest absolute Gasteiger partial charge is 0.481 e. The van der Waals surface area contributed by atoms with Gasteiger partial charge in [0.1, 0.15) is 0 Å². The third-order valence-corrected chi connectivity index (χ3v) is 4.05. The number of rotatable bonds is 4. The van der Waals surface area contributed by atoms with E-state index in [1.54, 1.807) is 20.3 Å². The number of nitrogens with zero attached hydrogens (tertiary/aromatic N) is 3. The predicted molar refractivity (Wildman–Crippen MR) is 73.8 cm³/mol. The van der Waals surface area contributed by atoms with Gasteiger partial charge >= 0.3 is 0 Å². The molecule has 18 heavy (non-hydrogen) atoms. The van der Waals surface area contributed by atoms with Crippen molar-refractivity contribution < 1.29 is 9.47 Å². The van der Waals surface area contributed by atoms with Gasteiger partial charge in [-0.1, -0.05) is 22.9 Å². The van der Waals surface area contributed by atoms with E-state index in [0.29, 0.717) is 29.7 Å². The molecule has 1 aromatic rings. The van der Waals surface area contributed by atoms with Crippen LogP contribution in [0.4, 0.5) is 5.95 Å². The third kappa shape index (κ3) is 2.53. The average molecular weight is 316 g/mol. The highest BCUT2D eigenvalue weighted by Gasteiger charge is 2.32. The van der Waals surface area contributed by atoms with Crippen molar-refractivity contribution in [2.24, 2.45) is 5.92 Å². The van der Waals surface area contributed by atoms with Gasteiger partial charge in [-0.05, 0) is 12.3 Å². The van der Waals surface area contributed by atoms with E-state index in [1.807, 2.05) is 0 Å². The summed E-state index contributed by atoms with van der Waals surface area (Å²) in [5.74, 6) is 2.37. The Kier molecular flexibility index (Phi) is 4.27. The molecule has 0 bridgehead atoms. The fourth-order valence-electron chi connectivity index (χ4n) is 2.22. The van der Waals surface area contributed by atoms with Crippen molar-refractivity contribution in [1.82, 2.24) is 9.97 Å². The van der Waals surface area contributed by atoms with Crippen LogP contribution in [0.3, 0.4) is 0 Å². The van der Waals surface area contributed by atoms with E-state index >= 15 is 0 Å². The van der Waals surface area contributed by atoms with E-state index in [2.05, 4.69) is 37.7 Å². The number of hydrogen-bond acceptors (Lipinski definition) is 5. The molecule has 6 heteroatoms. The van der Waals surface area contributed by atoms with Crippen molar-refractivity contribution in [3.8, 4) is 11.8 Å². The van der Waals surface area contributed by atoms with Crippen molar-refractivity contribution in [1.29, 1.82) is 0 Å². The second kappa shape index (κ2) is 5.73. The molecule has 0 N–H and O–H groups in total. The topological polar surface area (TPSA) is 47.5 Å². The summed E-state index contributed by atoms with van der Waals surface area (Å²) in [6.07, 6.45) is 1.15. The number of halogens is 1. The normalized spacial score (nSPS) is 23.2. The number of aromatic nitrogens is 2. The zero-order chi connectivity index (χ0) is 13.1. The fraction of sp³-hybridized carbons (Fsp3) is 0.667. The predicted octanol–water partition coefficient (Wildman–Crippen LogP) is 2.10. The molecule has 0 aromatic carbocycles. The minimum atomic E-state index is 0.418. The average Bonchev–Trinajstić information content (AvgIpc) is 2.79. The Labute approximate surface area is 116 Å². The quantitative estimate of drug-likeness (QED) is 0.796. The summed E-state index contributed by atoms with van der Waals surface area (Å²) in [7, 11) is 3.19. The maximum atomic E-state index is 5.18. The second-order valence-corrected chi connectivity index (χ2v) is 5.08. The lowest BCUT2D eigenvalue weighted by molar-refractivity contribution is 0.371. The zero-order valence-electron chi connectivity index (χ0n) is 10.9. The third-order valence-electron chi connectivity index (χ3n) is 3.38. The van der Waals surface area contributed by atoms with E-state index in [9.17, 15) is 0 Å². The van der Waals surface area contributed by atoms with E-state index in [4.69, 9.17) is 9.47 Å². The first-order valence-corrected chi connectivity index (χ1v) is 7.11. The van der Waals surface area contributed by atoms with Gasteiger partial charge in [-0.15, -0.1) is 0 Å². The highest BCUT2D eigenvalue weighted by Crippen LogP contribution is 2.30. The molecule has 1 aliphatic heterocycles. The molecule has 1 aliphatic rings. The van der Waals surface area contributed by atoms with Gasteiger partial charge in [-0.3, -0.25) is 0 Å². The lowest BCUT2D eigenvalue weighted by Gasteiger charge is -2.25. The highest BCUT2D eigenvalue weighted by molar-refractivity contribution is 9.09. The van der Waals surface area contributed by atoms with Crippen LogP contribution in [0.5, 0.6) is 11.8 Å². The van der Waals surface area contributed by atoms with E-state index in [1.165, 1.54) is 0 Å². The van der Waals surface area contributed by atoms with Crippen LogP contribution in [0.15, 0.2) is 6.07 Å². The van der Waals surface area contributed by atoms with Gasteiger partial charge in [-0.2, -0.15) is 9.97 Å². The van der Waals surface area contributed by atoms with Crippen molar-refractivity contribution >= 4 is 21.9 Å². The van der Waals surface area contributed by atoms with Gasteiger partial charge in [0.05, 0.1) is 20.3 Å².